The lowest BCUT2D eigenvalue weighted by Crippen LogP contribution is -2.12. The summed E-state index contributed by atoms with van der Waals surface area (Å²) in [5.41, 5.74) is 0.470. The number of carboxylic acid groups (broad SMARTS) is 1. The number of aliphatic carboxylic acids is 1. The van der Waals surface area contributed by atoms with E-state index in [0.29, 0.717) is 31.4 Å². The van der Waals surface area contributed by atoms with E-state index in [1.54, 1.807) is 6.92 Å². The Morgan fingerprint density at radius 3 is 2.20 bits per heavy atom. The minimum atomic E-state index is -1.09. The maximum atomic E-state index is 11.7. The topological polar surface area (TPSA) is 102 Å². The SMILES string of the molecule is C=C(C=C(CC)C(=O)O)C(=O)OCCCCOC(=O)C(=C)CC1CO1. The molecule has 1 saturated heterocycles. The molecule has 1 aliphatic heterocycles. The highest BCUT2D eigenvalue weighted by atomic mass is 16.6. The highest BCUT2D eigenvalue weighted by Gasteiger charge is 2.25. The smallest absolute Gasteiger partial charge is 0.337 e. The van der Waals surface area contributed by atoms with Gasteiger partial charge in [-0.05, 0) is 25.3 Å². The fourth-order valence-corrected chi connectivity index (χ4v) is 1.86. The second-order valence-electron chi connectivity index (χ2n) is 5.60. The van der Waals surface area contributed by atoms with Gasteiger partial charge in [-0.15, -0.1) is 0 Å². The van der Waals surface area contributed by atoms with Gasteiger partial charge in [0.05, 0.1) is 31.5 Å². The molecule has 0 bridgehead atoms. The Kier molecular flexibility index (Phi) is 8.63. The number of esters is 2. The van der Waals surface area contributed by atoms with Gasteiger partial charge in [0.25, 0.3) is 0 Å². The standard InChI is InChI=1S/C18H24O7/c1-4-14(16(19)20)9-12(2)17(21)23-7-5-6-8-24-18(22)13(3)10-15-11-25-15/h9,15H,2-8,10-11H2,1H3,(H,19,20). The van der Waals surface area contributed by atoms with Crippen LogP contribution in [0.4, 0.5) is 0 Å². The molecule has 0 aromatic carbocycles. The van der Waals surface area contributed by atoms with Crippen LogP contribution in [0.1, 0.15) is 32.6 Å². The van der Waals surface area contributed by atoms with Crippen molar-refractivity contribution in [1.82, 2.24) is 0 Å². The van der Waals surface area contributed by atoms with Crippen LogP contribution in [0.15, 0.2) is 36.0 Å². The lowest BCUT2D eigenvalue weighted by Gasteiger charge is -2.07. The summed E-state index contributed by atoms with van der Waals surface area (Å²) in [6.07, 6.45) is 3.11. The summed E-state index contributed by atoms with van der Waals surface area (Å²) in [5, 5.41) is 8.90. The number of unbranched alkanes of at least 4 members (excludes halogenated alkanes) is 1. The number of rotatable bonds is 12. The van der Waals surface area contributed by atoms with Gasteiger partial charge in [0.1, 0.15) is 0 Å². The Morgan fingerprint density at radius 1 is 1.16 bits per heavy atom. The van der Waals surface area contributed by atoms with E-state index in [0.717, 1.165) is 0 Å². The Hall–Kier alpha value is -2.41. The van der Waals surface area contributed by atoms with Crippen molar-refractivity contribution in [2.24, 2.45) is 0 Å². The Morgan fingerprint density at radius 2 is 1.72 bits per heavy atom. The first kappa shape index (κ1) is 20.6. The third-order valence-corrected chi connectivity index (χ3v) is 3.44. The van der Waals surface area contributed by atoms with Gasteiger partial charge in [0, 0.05) is 17.6 Å². The molecule has 0 aromatic heterocycles. The van der Waals surface area contributed by atoms with Gasteiger partial charge in [0.2, 0.25) is 0 Å². The highest BCUT2D eigenvalue weighted by Crippen LogP contribution is 2.18. The van der Waals surface area contributed by atoms with E-state index >= 15 is 0 Å². The molecular formula is C18H24O7. The van der Waals surface area contributed by atoms with Crippen LogP contribution in [0.5, 0.6) is 0 Å². The van der Waals surface area contributed by atoms with Crippen molar-refractivity contribution in [3.05, 3.63) is 36.0 Å². The van der Waals surface area contributed by atoms with Crippen molar-refractivity contribution in [2.75, 3.05) is 19.8 Å². The first-order valence-electron chi connectivity index (χ1n) is 8.11. The van der Waals surface area contributed by atoms with Gasteiger partial charge in [0.15, 0.2) is 0 Å². The summed E-state index contributed by atoms with van der Waals surface area (Å²) in [7, 11) is 0. The van der Waals surface area contributed by atoms with E-state index in [2.05, 4.69) is 13.2 Å². The molecule has 1 N–H and O–H groups in total. The average molecular weight is 352 g/mol. The molecule has 0 aliphatic carbocycles. The van der Waals surface area contributed by atoms with Gasteiger partial charge < -0.3 is 19.3 Å². The molecule has 0 radical (unpaired) electrons. The molecule has 1 heterocycles. The molecular weight excluding hydrogens is 328 g/mol. The van der Waals surface area contributed by atoms with E-state index in [-0.39, 0.29) is 36.9 Å². The second-order valence-corrected chi connectivity index (χ2v) is 5.60. The van der Waals surface area contributed by atoms with Crippen molar-refractivity contribution in [3.63, 3.8) is 0 Å². The number of carbonyl (C=O) groups excluding carboxylic acids is 2. The summed E-state index contributed by atoms with van der Waals surface area (Å²) in [6.45, 7) is 9.83. The van der Waals surface area contributed by atoms with Crippen LogP contribution >= 0.6 is 0 Å². The number of hydrogen-bond acceptors (Lipinski definition) is 6. The largest absolute Gasteiger partial charge is 0.478 e. The third kappa shape index (κ3) is 8.30. The molecule has 7 nitrogen and oxygen atoms in total. The number of carbonyl (C=O) groups is 3. The van der Waals surface area contributed by atoms with Gasteiger partial charge in [-0.1, -0.05) is 20.1 Å². The molecule has 1 rings (SSSR count). The fourth-order valence-electron chi connectivity index (χ4n) is 1.86. The Bertz CT molecular complexity index is 570. The Labute approximate surface area is 146 Å². The summed E-state index contributed by atoms with van der Waals surface area (Å²) in [4.78, 5) is 34.2. The molecule has 7 heteroatoms. The molecule has 1 unspecified atom stereocenters. The highest BCUT2D eigenvalue weighted by molar-refractivity contribution is 5.95. The van der Waals surface area contributed by atoms with Crippen LogP contribution in [0.2, 0.25) is 0 Å². The zero-order chi connectivity index (χ0) is 18.8. The van der Waals surface area contributed by atoms with Crippen molar-refractivity contribution < 1.29 is 33.7 Å². The molecule has 138 valence electrons. The van der Waals surface area contributed by atoms with Gasteiger partial charge >= 0.3 is 17.9 Å². The third-order valence-electron chi connectivity index (χ3n) is 3.44. The van der Waals surface area contributed by atoms with Crippen LogP contribution in [0, 0.1) is 0 Å². The van der Waals surface area contributed by atoms with E-state index in [1.165, 1.54) is 6.08 Å². The van der Waals surface area contributed by atoms with Crippen molar-refractivity contribution in [3.8, 4) is 0 Å². The molecule has 0 spiro atoms. The number of carboxylic acids is 1. The molecule has 1 atom stereocenters. The van der Waals surface area contributed by atoms with E-state index < -0.39 is 17.9 Å². The Balaban J connectivity index is 2.14. The molecule has 25 heavy (non-hydrogen) atoms. The molecule has 0 aromatic rings. The zero-order valence-electron chi connectivity index (χ0n) is 14.4. The van der Waals surface area contributed by atoms with Crippen LogP contribution < -0.4 is 0 Å². The predicted octanol–water partition coefficient (Wildman–Crippen LogP) is 2.18. The molecule has 0 saturated carbocycles. The molecule has 0 amide bonds. The van der Waals surface area contributed by atoms with Crippen molar-refractivity contribution >= 4 is 17.9 Å². The lowest BCUT2D eigenvalue weighted by molar-refractivity contribution is -0.141. The van der Waals surface area contributed by atoms with Gasteiger partial charge in [-0.3, -0.25) is 0 Å². The summed E-state index contributed by atoms with van der Waals surface area (Å²) in [5.74, 6) is -2.19. The monoisotopic (exact) mass is 352 g/mol. The minimum Gasteiger partial charge on any atom is -0.478 e. The normalized spacial score (nSPS) is 16.0. The number of ether oxygens (including phenoxy) is 3. The fraction of sp³-hybridized carbons (Fsp3) is 0.500. The average Bonchev–Trinajstić information content (AvgIpc) is 3.38. The van der Waals surface area contributed by atoms with E-state index in [1.807, 2.05) is 0 Å². The maximum absolute atomic E-state index is 11.7. The summed E-state index contributed by atoms with van der Waals surface area (Å²) >= 11 is 0. The van der Waals surface area contributed by atoms with Crippen LogP contribution in [0.25, 0.3) is 0 Å². The van der Waals surface area contributed by atoms with Crippen molar-refractivity contribution in [1.29, 1.82) is 0 Å². The van der Waals surface area contributed by atoms with Crippen LogP contribution in [-0.4, -0.2) is 48.9 Å². The quantitative estimate of drug-likeness (QED) is 0.189. The molecule has 1 fully saturated rings. The maximum Gasteiger partial charge on any atom is 0.337 e. The first-order chi connectivity index (χ1) is 11.8. The van der Waals surface area contributed by atoms with E-state index in [9.17, 15) is 14.4 Å². The first-order valence-corrected chi connectivity index (χ1v) is 8.11. The summed E-state index contributed by atoms with van der Waals surface area (Å²) < 4.78 is 15.1. The molecule has 1 aliphatic rings. The summed E-state index contributed by atoms with van der Waals surface area (Å²) in [6, 6.07) is 0. The number of hydrogen-bond donors (Lipinski definition) is 1. The van der Waals surface area contributed by atoms with E-state index in [4.69, 9.17) is 19.3 Å². The van der Waals surface area contributed by atoms with Crippen molar-refractivity contribution in [2.45, 2.75) is 38.7 Å². The van der Waals surface area contributed by atoms with Gasteiger partial charge in [-0.25, -0.2) is 14.4 Å². The zero-order valence-corrected chi connectivity index (χ0v) is 14.4. The lowest BCUT2D eigenvalue weighted by atomic mass is 10.1. The van der Waals surface area contributed by atoms with Gasteiger partial charge in [-0.2, -0.15) is 0 Å². The predicted molar refractivity (Wildman–Crippen MR) is 89.8 cm³/mol. The minimum absolute atomic E-state index is 0.00993. The second kappa shape index (κ2) is 10.5. The number of epoxide rings is 1. The van der Waals surface area contributed by atoms with Crippen LogP contribution in [0.3, 0.4) is 0 Å². The van der Waals surface area contributed by atoms with Crippen LogP contribution in [-0.2, 0) is 28.6 Å².